The number of nitrogens with zero attached hydrogens (tertiary/aromatic N) is 3. The number of carbonyl (C=O) groups excluding carboxylic acids is 1. The van der Waals surface area contributed by atoms with Crippen LogP contribution in [0.3, 0.4) is 0 Å². The van der Waals surface area contributed by atoms with Crippen molar-refractivity contribution >= 4 is 5.91 Å². The molecule has 0 atom stereocenters. The van der Waals surface area contributed by atoms with Gasteiger partial charge in [-0.3, -0.25) is 4.79 Å². The van der Waals surface area contributed by atoms with Crippen LogP contribution in [-0.2, 0) is 4.79 Å². The van der Waals surface area contributed by atoms with E-state index in [-0.39, 0.29) is 5.91 Å². The van der Waals surface area contributed by atoms with Crippen LogP contribution in [0, 0.1) is 28.1 Å². The van der Waals surface area contributed by atoms with E-state index in [0.29, 0.717) is 25.8 Å². The summed E-state index contributed by atoms with van der Waals surface area (Å²) < 4.78 is 0. The molecular weight excluding hydrogens is 202 g/mol. The lowest BCUT2D eigenvalue weighted by atomic mass is 9.74. The van der Waals surface area contributed by atoms with Gasteiger partial charge in [-0.05, 0) is 12.8 Å². The van der Waals surface area contributed by atoms with Gasteiger partial charge >= 0.3 is 0 Å². The van der Waals surface area contributed by atoms with Crippen LogP contribution >= 0.6 is 0 Å². The first-order valence-corrected chi connectivity index (χ1v) is 5.70. The highest BCUT2D eigenvalue weighted by Gasteiger charge is 2.41. The lowest BCUT2D eigenvalue weighted by Crippen LogP contribution is -2.42. The molecule has 1 rings (SSSR count). The minimum absolute atomic E-state index is 0.107. The molecule has 1 aliphatic carbocycles. The number of hydrogen-bond donors (Lipinski definition) is 0. The molecule has 1 saturated carbocycles. The van der Waals surface area contributed by atoms with E-state index in [9.17, 15) is 10.1 Å². The average Bonchev–Trinajstić information content (AvgIpc) is 2.35. The van der Waals surface area contributed by atoms with E-state index >= 15 is 0 Å². The van der Waals surface area contributed by atoms with Crippen LogP contribution in [0.25, 0.3) is 0 Å². The van der Waals surface area contributed by atoms with Gasteiger partial charge in [0.25, 0.3) is 0 Å². The molecule has 0 bridgehead atoms. The van der Waals surface area contributed by atoms with E-state index in [1.54, 1.807) is 7.05 Å². The third-order valence-corrected chi connectivity index (χ3v) is 3.24. The molecule has 0 saturated heterocycles. The Bertz CT molecular complexity index is 331. The molecule has 16 heavy (non-hydrogen) atoms. The van der Waals surface area contributed by atoms with Crippen molar-refractivity contribution in [1.82, 2.24) is 4.90 Å². The molecule has 4 heteroatoms. The van der Waals surface area contributed by atoms with Gasteiger partial charge in [-0.25, -0.2) is 0 Å². The zero-order valence-corrected chi connectivity index (χ0v) is 9.70. The Morgan fingerprint density at radius 3 is 2.44 bits per heavy atom. The molecule has 1 aliphatic rings. The highest BCUT2D eigenvalue weighted by atomic mass is 16.2. The van der Waals surface area contributed by atoms with Crippen LogP contribution in [0.2, 0.25) is 0 Å². The van der Waals surface area contributed by atoms with Gasteiger partial charge in [-0.1, -0.05) is 19.3 Å². The van der Waals surface area contributed by atoms with Crippen molar-refractivity contribution < 1.29 is 4.79 Å². The lowest BCUT2D eigenvalue weighted by molar-refractivity contribution is -0.139. The van der Waals surface area contributed by atoms with Crippen LogP contribution in [0.15, 0.2) is 0 Å². The Morgan fingerprint density at radius 2 is 1.94 bits per heavy atom. The average molecular weight is 219 g/mol. The van der Waals surface area contributed by atoms with Gasteiger partial charge in [0.1, 0.15) is 5.41 Å². The summed E-state index contributed by atoms with van der Waals surface area (Å²) in [7, 11) is 1.67. The van der Waals surface area contributed by atoms with Crippen molar-refractivity contribution in [2.75, 3.05) is 13.6 Å². The molecule has 1 amide bonds. The smallest absolute Gasteiger partial charge is 0.242 e. The van der Waals surface area contributed by atoms with Gasteiger partial charge in [-0.2, -0.15) is 10.5 Å². The topological polar surface area (TPSA) is 67.9 Å². The summed E-state index contributed by atoms with van der Waals surface area (Å²) in [6, 6.07) is 4.21. The second-order valence-corrected chi connectivity index (χ2v) is 4.39. The minimum Gasteiger partial charge on any atom is -0.343 e. The summed E-state index contributed by atoms with van der Waals surface area (Å²) in [4.78, 5) is 13.7. The fourth-order valence-corrected chi connectivity index (χ4v) is 2.21. The first-order valence-electron chi connectivity index (χ1n) is 5.70. The number of amides is 1. The Labute approximate surface area is 96.5 Å². The Balaban J connectivity index is 2.69. The predicted octanol–water partition coefficient (Wildman–Crippen LogP) is 1.83. The van der Waals surface area contributed by atoms with Gasteiger partial charge in [0.2, 0.25) is 5.91 Å². The Morgan fingerprint density at radius 1 is 1.31 bits per heavy atom. The standard InChI is InChI=1S/C12H17N3O/c1-15(9-5-8-13)11(16)12(10-14)6-3-2-4-7-12/h2-7,9H2,1H3. The normalized spacial score (nSPS) is 18.2. The van der Waals surface area contributed by atoms with Crippen molar-refractivity contribution in [3.05, 3.63) is 0 Å². The number of hydrogen-bond acceptors (Lipinski definition) is 3. The molecule has 0 radical (unpaired) electrons. The molecule has 0 aromatic carbocycles. The maximum Gasteiger partial charge on any atom is 0.242 e. The highest BCUT2D eigenvalue weighted by Crippen LogP contribution is 2.37. The molecule has 0 aromatic heterocycles. The fraction of sp³-hybridized carbons (Fsp3) is 0.750. The molecule has 4 nitrogen and oxygen atoms in total. The largest absolute Gasteiger partial charge is 0.343 e. The summed E-state index contributed by atoms with van der Waals surface area (Å²) in [6.07, 6.45) is 4.66. The molecule has 0 aromatic rings. The van der Waals surface area contributed by atoms with Crippen LogP contribution in [0.4, 0.5) is 0 Å². The molecule has 86 valence electrons. The van der Waals surface area contributed by atoms with E-state index in [0.717, 1.165) is 19.3 Å². The first-order chi connectivity index (χ1) is 7.66. The summed E-state index contributed by atoms with van der Waals surface area (Å²) in [6.45, 7) is 0.415. The van der Waals surface area contributed by atoms with E-state index in [2.05, 4.69) is 6.07 Å². The van der Waals surface area contributed by atoms with Crippen molar-refractivity contribution in [2.45, 2.75) is 38.5 Å². The third-order valence-electron chi connectivity index (χ3n) is 3.24. The van der Waals surface area contributed by atoms with Gasteiger partial charge in [0.15, 0.2) is 0 Å². The van der Waals surface area contributed by atoms with E-state index < -0.39 is 5.41 Å². The maximum absolute atomic E-state index is 12.2. The second-order valence-electron chi connectivity index (χ2n) is 4.39. The summed E-state index contributed by atoms with van der Waals surface area (Å²) in [5, 5.41) is 17.7. The van der Waals surface area contributed by atoms with Crippen molar-refractivity contribution in [3.63, 3.8) is 0 Å². The number of rotatable bonds is 3. The fourth-order valence-electron chi connectivity index (χ4n) is 2.21. The van der Waals surface area contributed by atoms with E-state index in [1.807, 2.05) is 6.07 Å². The zero-order valence-electron chi connectivity index (χ0n) is 9.70. The predicted molar refractivity (Wildman–Crippen MR) is 59.0 cm³/mol. The van der Waals surface area contributed by atoms with Gasteiger partial charge in [-0.15, -0.1) is 0 Å². The first kappa shape index (κ1) is 12.5. The third kappa shape index (κ3) is 2.52. The second kappa shape index (κ2) is 5.51. The minimum atomic E-state index is -0.817. The van der Waals surface area contributed by atoms with Crippen molar-refractivity contribution in [2.24, 2.45) is 5.41 Å². The van der Waals surface area contributed by atoms with Crippen molar-refractivity contribution in [1.29, 1.82) is 10.5 Å². The van der Waals surface area contributed by atoms with Crippen LogP contribution in [0.5, 0.6) is 0 Å². The quantitative estimate of drug-likeness (QED) is 0.727. The van der Waals surface area contributed by atoms with Crippen LogP contribution in [0.1, 0.15) is 38.5 Å². The molecule has 0 unspecified atom stereocenters. The number of carbonyl (C=O) groups is 1. The Kier molecular flexibility index (Phi) is 4.31. The van der Waals surface area contributed by atoms with Crippen LogP contribution < -0.4 is 0 Å². The maximum atomic E-state index is 12.2. The van der Waals surface area contributed by atoms with Gasteiger partial charge in [0.05, 0.1) is 18.6 Å². The van der Waals surface area contributed by atoms with Gasteiger partial charge < -0.3 is 4.90 Å². The van der Waals surface area contributed by atoms with Crippen LogP contribution in [-0.4, -0.2) is 24.4 Å². The zero-order chi connectivity index (χ0) is 12.0. The summed E-state index contributed by atoms with van der Waals surface area (Å²) >= 11 is 0. The monoisotopic (exact) mass is 219 g/mol. The van der Waals surface area contributed by atoms with Gasteiger partial charge in [0, 0.05) is 13.6 Å². The Hall–Kier alpha value is -1.55. The molecule has 0 heterocycles. The number of nitriles is 2. The molecule has 0 spiro atoms. The molecule has 0 N–H and O–H groups in total. The molecular formula is C12H17N3O. The summed E-state index contributed by atoms with van der Waals surface area (Å²) in [5.41, 5.74) is -0.817. The lowest BCUT2D eigenvalue weighted by Gasteiger charge is -2.32. The summed E-state index contributed by atoms with van der Waals surface area (Å²) in [5.74, 6) is -0.107. The van der Waals surface area contributed by atoms with Crippen molar-refractivity contribution in [3.8, 4) is 12.1 Å². The van der Waals surface area contributed by atoms with E-state index in [1.165, 1.54) is 4.90 Å². The molecule has 1 fully saturated rings. The van der Waals surface area contributed by atoms with E-state index in [4.69, 9.17) is 5.26 Å². The SMILES string of the molecule is CN(CCC#N)C(=O)C1(C#N)CCCCC1. The molecule has 0 aliphatic heterocycles. The highest BCUT2D eigenvalue weighted by molar-refractivity contribution is 5.85.